The number of piperidine rings is 1. The number of likely N-dealkylation sites (tertiary alicyclic amines) is 1. The van der Waals surface area contributed by atoms with E-state index in [0.717, 1.165) is 42.5 Å². The van der Waals surface area contributed by atoms with Crippen LogP contribution in [0.2, 0.25) is 0 Å². The molecule has 2 aromatic carbocycles. The number of ether oxygens (including phenoxy) is 2. The summed E-state index contributed by atoms with van der Waals surface area (Å²) < 4.78 is 52.5. The SMILES string of the molecule is C=CCN1CC[C@]23c4c5ccc(OC(C)=O)c4O[C@H]2[C@H](N(CCCCC)C(=O)C=Cc2cccc(C(F)(F)F)c2)CC[C@@]3(O)[C@H]1C5. The van der Waals surface area contributed by atoms with Crippen molar-refractivity contribution in [2.75, 3.05) is 19.6 Å². The number of hydrogen-bond donors (Lipinski definition) is 1. The maximum atomic E-state index is 14.0. The highest BCUT2D eigenvalue weighted by Crippen LogP contribution is 2.66. The third-order valence-corrected chi connectivity index (χ3v) is 10.5. The van der Waals surface area contributed by atoms with Gasteiger partial charge in [-0.05, 0) is 74.1 Å². The van der Waals surface area contributed by atoms with E-state index in [9.17, 15) is 27.9 Å². The first-order chi connectivity index (χ1) is 21.9. The number of halogens is 3. The Morgan fingerprint density at radius 1 is 1.22 bits per heavy atom. The number of carbonyl (C=O) groups is 2. The average Bonchev–Trinajstić information content (AvgIpc) is 3.36. The number of esters is 1. The second-order valence-corrected chi connectivity index (χ2v) is 13.0. The van der Waals surface area contributed by atoms with Gasteiger partial charge in [-0.2, -0.15) is 13.2 Å². The van der Waals surface area contributed by atoms with Crippen molar-refractivity contribution in [3.63, 3.8) is 0 Å². The first-order valence-electron chi connectivity index (χ1n) is 16.2. The molecule has 6 rings (SSSR count). The highest BCUT2D eigenvalue weighted by molar-refractivity contribution is 5.92. The fraction of sp³-hybridized carbons (Fsp3) is 0.500. The number of benzene rings is 2. The zero-order chi connectivity index (χ0) is 32.9. The Labute approximate surface area is 267 Å². The molecule has 0 unspecified atom stereocenters. The maximum absolute atomic E-state index is 14.0. The number of alkyl halides is 3. The Balaban J connectivity index is 1.41. The molecule has 1 saturated heterocycles. The van der Waals surface area contributed by atoms with Gasteiger partial charge < -0.3 is 19.5 Å². The van der Waals surface area contributed by atoms with E-state index >= 15 is 0 Å². The number of carbonyl (C=O) groups excluding carboxylic acids is 2. The molecule has 1 spiro atoms. The zero-order valence-corrected chi connectivity index (χ0v) is 26.3. The van der Waals surface area contributed by atoms with E-state index in [1.165, 1.54) is 31.2 Å². The molecule has 2 aliphatic carbocycles. The molecule has 1 N–H and O–H groups in total. The second-order valence-electron chi connectivity index (χ2n) is 13.0. The lowest BCUT2D eigenvalue weighted by atomic mass is 9.48. The molecule has 2 fully saturated rings. The van der Waals surface area contributed by atoms with Crippen molar-refractivity contribution in [3.8, 4) is 11.5 Å². The van der Waals surface area contributed by atoms with E-state index in [-0.39, 0.29) is 17.5 Å². The van der Waals surface area contributed by atoms with Gasteiger partial charge in [-0.3, -0.25) is 14.5 Å². The Kier molecular flexibility index (Phi) is 8.56. The summed E-state index contributed by atoms with van der Waals surface area (Å²) in [6.07, 6.45) is 4.19. The van der Waals surface area contributed by atoms with Crippen LogP contribution in [0.25, 0.3) is 6.08 Å². The van der Waals surface area contributed by atoms with Gasteiger partial charge in [0.15, 0.2) is 11.5 Å². The molecule has 2 bridgehead atoms. The minimum Gasteiger partial charge on any atom is -0.483 e. The van der Waals surface area contributed by atoms with Gasteiger partial charge in [0, 0.05) is 37.7 Å². The van der Waals surface area contributed by atoms with Gasteiger partial charge in [0.2, 0.25) is 5.91 Å². The summed E-state index contributed by atoms with van der Waals surface area (Å²) >= 11 is 0. The molecule has 5 atom stereocenters. The van der Waals surface area contributed by atoms with Crippen molar-refractivity contribution in [1.82, 2.24) is 9.80 Å². The molecular weight excluding hydrogens is 597 g/mol. The van der Waals surface area contributed by atoms with E-state index in [4.69, 9.17) is 9.47 Å². The van der Waals surface area contributed by atoms with E-state index in [2.05, 4.69) is 18.4 Å². The zero-order valence-electron chi connectivity index (χ0n) is 26.3. The smallest absolute Gasteiger partial charge is 0.416 e. The number of amides is 1. The van der Waals surface area contributed by atoms with Crippen LogP contribution in [0, 0.1) is 0 Å². The van der Waals surface area contributed by atoms with Crippen molar-refractivity contribution < 1.29 is 37.3 Å². The first-order valence-corrected chi connectivity index (χ1v) is 16.2. The van der Waals surface area contributed by atoms with Gasteiger partial charge in [-0.15, -0.1) is 6.58 Å². The summed E-state index contributed by atoms with van der Waals surface area (Å²) in [5.41, 5.74) is -0.596. The molecule has 10 heteroatoms. The molecule has 1 amide bonds. The molecule has 0 aromatic heterocycles. The molecule has 46 heavy (non-hydrogen) atoms. The van der Waals surface area contributed by atoms with E-state index in [1.54, 1.807) is 11.0 Å². The van der Waals surface area contributed by atoms with Crippen molar-refractivity contribution in [3.05, 3.63) is 77.4 Å². The van der Waals surface area contributed by atoms with E-state index in [1.807, 2.05) is 12.1 Å². The Bertz CT molecular complexity index is 1560. The number of nitrogens with zero attached hydrogens (tertiary/aromatic N) is 2. The molecule has 246 valence electrons. The topological polar surface area (TPSA) is 79.3 Å². The largest absolute Gasteiger partial charge is 0.483 e. The van der Waals surface area contributed by atoms with Crippen molar-refractivity contribution >= 4 is 18.0 Å². The van der Waals surface area contributed by atoms with Crippen LogP contribution in [0.3, 0.4) is 0 Å². The molecule has 2 aliphatic heterocycles. The Morgan fingerprint density at radius 3 is 2.74 bits per heavy atom. The lowest BCUT2D eigenvalue weighted by molar-refractivity contribution is -0.199. The molecule has 1 saturated carbocycles. The van der Waals surface area contributed by atoms with Crippen LogP contribution in [-0.2, 0) is 27.6 Å². The third kappa shape index (κ3) is 5.23. The molecule has 4 aliphatic rings. The van der Waals surface area contributed by atoms with Crippen molar-refractivity contribution in [1.29, 1.82) is 0 Å². The van der Waals surface area contributed by atoms with Gasteiger partial charge >= 0.3 is 12.1 Å². The van der Waals surface area contributed by atoms with Gasteiger partial charge in [0.1, 0.15) is 6.10 Å². The normalized spacial score (nSPS) is 28.0. The molecular formula is C36H41F3N2O5. The summed E-state index contributed by atoms with van der Waals surface area (Å²) in [5, 5.41) is 12.8. The third-order valence-electron chi connectivity index (χ3n) is 10.5. The van der Waals surface area contributed by atoms with E-state index in [0.29, 0.717) is 56.8 Å². The van der Waals surface area contributed by atoms with Crippen LogP contribution in [0.1, 0.15) is 74.6 Å². The summed E-state index contributed by atoms with van der Waals surface area (Å²) in [6, 6.07) is 7.99. The van der Waals surface area contributed by atoms with Crippen LogP contribution in [0.15, 0.2) is 55.1 Å². The Morgan fingerprint density at radius 2 is 2.02 bits per heavy atom. The predicted octanol–water partition coefficient (Wildman–Crippen LogP) is 6.07. The first kappa shape index (κ1) is 32.3. The predicted molar refractivity (Wildman–Crippen MR) is 167 cm³/mol. The van der Waals surface area contributed by atoms with Gasteiger partial charge in [0.05, 0.1) is 22.6 Å². The quantitative estimate of drug-likeness (QED) is 0.112. The van der Waals surface area contributed by atoms with Crippen LogP contribution >= 0.6 is 0 Å². The average molecular weight is 639 g/mol. The lowest BCUT2D eigenvalue weighted by Gasteiger charge is -2.64. The summed E-state index contributed by atoms with van der Waals surface area (Å²) in [6.45, 7) is 9.11. The highest BCUT2D eigenvalue weighted by Gasteiger charge is 2.73. The fourth-order valence-corrected chi connectivity index (χ4v) is 8.59. The molecule has 7 nitrogen and oxygen atoms in total. The van der Waals surface area contributed by atoms with E-state index < -0.39 is 40.9 Å². The number of unbranched alkanes of at least 4 members (excludes halogenated alkanes) is 2. The highest BCUT2D eigenvalue weighted by atomic mass is 19.4. The maximum Gasteiger partial charge on any atom is 0.416 e. The van der Waals surface area contributed by atoms with Crippen LogP contribution in [0.4, 0.5) is 13.2 Å². The van der Waals surface area contributed by atoms with Crippen LogP contribution < -0.4 is 9.47 Å². The van der Waals surface area contributed by atoms with Crippen molar-refractivity contribution in [2.45, 2.75) is 94.2 Å². The molecule has 2 heterocycles. The Hall–Kier alpha value is -3.63. The minimum atomic E-state index is -4.49. The van der Waals surface area contributed by atoms with Gasteiger partial charge in [0.25, 0.3) is 0 Å². The monoisotopic (exact) mass is 638 g/mol. The summed E-state index contributed by atoms with van der Waals surface area (Å²) in [7, 11) is 0. The minimum absolute atomic E-state index is 0.186. The lowest BCUT2D eigenvalue weighted by Crippen LogP contribution is -2.78. The van der Waals surface area contributed by atoms with Crippen LogP contribution in [0.5, 0.6) is 11.5 Å². The number of aliphatic hydroxyl groups is 1. The number of hydrogen-bond acceptors (Lipinski definition) is 6. The summed E-state index contributed by atoms with van der Waals surface area (Å²) in [4.78, 5) is 30.2. The second kappa shape index (κ2) is 12.2. The molecule has 0 radical (unpaired) electrons. The standard InChI is InChI=1S/C36H41F3N2O5/c1-4-6-7-19-41(30(43)14-11-24-9-8-10-26(21-24)36(37,38)39)27-15-16-35(44)29-22-25-12-13-28(45-23(3)42)32-31(25)34(35,33(27)46-32)17-20-40(29)18-5-2/h5,8-14,21,27,29,33,44H,2,4,6-7,15-20,22H2,1,3H3/t27-,29-,33+,34+,35-/m1/s1. The van der Waals surface area contributed by atoms with Crippen molar-refractivity contribution in [2.24, 2.45) is 0 Å². The summed E-state index contributed by atoms with van der Waals surface area (Å²) in [5.74, 6) is -0.0446. The van der Waals surface area contributed by atoms with Crippen LogP contribution in [-0.4, -0.2) is 70.2 Å². The van der Waals surface area contributed by atoms with Gasteiger partial charge in [-0.25, -0.2) is 0 Å². The van der Waals surface area contributed by atoms with Gasteiger partial charge in [-0.1, -0.05) is 44.0 Å². The number of rotatable bonds is 10. The molecule has 2 aromatic rings. The fourth-order valence-electron chi connectivity index (χ4n) is 8.59.